The van der Waals surface area contributed by atoms with E-state index in [2.05, 4.69) is 4.57 Å². The molecule has 134 valence electrons. The van der Waals surface area contributed by atoms with Gasteiger partial charge in [0.1, 0.15) is 5.75 Å². The highest BCUT2D eigenvalue weighted by Crippen LogP contribution is 2.39. The van der Waals surface area contributed by atoms with Crippen LogP contribution in [-0.2, 0) is 6.54 Å². The number of ketones is 1. The quantitative estimate of drug-likeness (QED) is 0.565. The van der Waals surface area contributed by atoms with Crippen LogP contribution in [0.3, 0.4) is 0 Å². The molecule has 0 aliphatic carbocycles. The van der Waals surface area contributed by atoms with Crippen LogP contribution in [0.25, 0.3) is 22.0 Å². The molecule has 0 spiro atoms. The summed E-state index contributed by atoms with van der Waals surface area (Å²) >= 11 is 6.45. The number of ether oxygens (including phenoxy) is 1. The molecule has 3 aromatic rings. The first-order valence-electron chi connectivity index (χ1n) is 9.02. The third kappa shape index (κ3) is 2.62. The fourth-order valence-electron chi connectivity index (χ4n) is 4.07. The number of rotatable bonds is 2. The SMILES string of the molecule is COc1ccc(-c2cc(Cl)cc3c(C)c4n(c23)CCCC(C)C4=O)cc1. The van der Waals surface area contributed by atoms with Gasteiger partial charge in [0.05, 0.1) is 18.3 Å². The van der Waals surface area contributed by atoms with Crippen LogP contribution in [0, 0.1) is 12.8 Å². The van der Waals surface area contributed by atoms with Gasteiger partial charge in [0.15, 0.2) is 5.78 Å². The number of carbonyl (C=O) groups excluding carboxylic acids is 1. The summed E-state index contributed by atoms with van der Waals surface area (Å²) in [6.07, 6.45) is 1.95. The number of hydrogen-bond acceptors (Lipinski definition) is 2. The zero-order valence-electron chi connectivity index (χ0n) is 15.3. The van der Waals surface area contributed by atoms with Crippen molar-refractivity contribution in [3.05, 3.63) is 52.7 Å². The molecular weight excluding hydrogens is 346 g/mol. The van der Waals surface area contributed by atoms with Crippen molar-refractivity contribution in [2.24, 2.45) is 5.92 Å². The predicted octanol–water partition coefficient (Wildman–Crippen LogP) is 5.89. The van der Waals surface area contributed by atoms with Crippen molar-refractivity contribution in [1.29, 1.82) is 0 Å². The van der Waals surface area contributed by atoms with Crippen LogP contribution in [0.1, 0.15) is 35.8 Å². The summed E-state index contributed by atoms with van der Waals surface area (Å²) in [7, 11) is 1.66. The van der Waals surface area contributed by atoms with Gasteiger partial charge < -0.3 is 9.30 Å². The molecule has 3 nitrogen and oxygen atoms in total. The maximum atomic E-state index is 13.0. The number of aromatic nitrogens is 1. The average molecular weight is 368 g/mol. The van der Waals surface area contributed by atoms with Crippen LogP contribution in [0.2, 0.25) is 5.02 Å². The van der Waals surface area contributed by atoms with Crippen molar-refractivity contribution in [2.75, 3.05) is 7.11 Å². The van der Waals surface area contributed by atoms with Gasteiger partial charge >= 0.3 is 0 Å². The smallest absolute Gasteiger partial charge is 0.182 e. The molecule has 1 aliphatic heterocycles. The van der Waals surface area contributed by atoms with E-state index in [1.165, 1.54) is 0 Å². The first kappa shape index (κ1) is 17.2. The summed E-state index contributed by atoms with van der Waals surface area (Å²) in [5, 5.41) is 1.76. The molecule has 1 aromatic heterocycles. The maximum absolute atomic E-state index is 13.0. The van der Waals surface area contributed by atoms with Crippen LogP contribution in [-0.4, -0.2) is 17.5 Å². The minimum atomic E-state index is 0.0687. The molecule has 0 radical (unpaired) electrons. The zero-order chi connectivity index (χ0) is 18.4. The largest absolute Gasteiger partial charge is 0.497 e. The molecule has 0 N–H and O–H groups in total. The van der Waals surface area contributed by atoms with Gasteiger partial charge in [-0.3, -0.25) is 4.79 Å². The molecule has 0 saturated carbocycles. The van der Waals surface area contributed by atoms with Crippen molar-refractivity contribution < 1.29 is 9.53 Å². The number of carbonyl (C=O) groups is 1. The second-order valence-corrected chi connectivity index (χ2v) is 7.55. The number of Topliss-reactive ketones (excluding diaryl/α,β-unsaturated/α-hetero) is 1. The third-order valence-corrected chi connectivity index (χ3v) is 5.69. The molecule has 0 fully saturated rings. The molecule has 4 rings (SSSR count). The summed E-state index contributed by atoms with van der Waals surface area (Å²) < 4.78 is 7.49. The highest BCUT2D eigenvalue weighted by molar-refractivity contribution is 6.32. The Balaban J connectivity index is 2.03. The van der Waals surface area contributed by atoms with Crippen molar-refractivity contribution in [3.63, 3.8) is 0 Å². The fraction of sp³-hybridized carbons (Fsp3) is 0.318. The molecule has 4 heteroatoms. The minimum absolute atomic E-state index is 0.0687. The Morgan fingerprint density at radius 1 is 1.19 bits per heavy atom. The van der Waals surface area contributed by atoms with E-state index in [-0.39, 0.29) is 11.7 Å². The van der Waals surface area contributed by atoms with E-state index in [0.29, 0.717) is 5.02 Å². The lowest BCUT2D eigenvalue weighted by molar-refractivity contribution is 0.0922. The van der Waals surface area contributed by atoms with Gasteiger partial charge in [-0.25, -0.2) is 0 Å². The van der Waals surface area contributed by atoms with Crippen LogP contribution in [0.5, 0.6) is 5.75 Å². The molecule has 0 saturated heterocycles. The van der Waals surface area contributed by atoms with Gasteiger partial charge in [0, 0.05) is 28.4 Å². The number of halogens is 1. The summed E-state index contributed by atoms with van der Waals surface area (Å²) in [6, 6.07) is 12.0. The molecule has 2 aromatic carbocycles. The summed E-state index contributed by atoms with van der Waals surface area (Å²) in [6.45, 7) is 4.94. The van der Waals surface area contributed by atoms with E-state index in [1.807, 2.05) is 50.2 Å². The average Bonchev–Trinajstić information content (AvgIpc) is 2.83. The van der Waals surface area contributed by atoms with E-state index in [0.717, 1.165) is 58.4 Å². The lowest BCUT2D eigenvalue weighted by Crippen LogP contribution is -2.13. The Morgan fingerprint density at radius 3 is 2.62 bits per heavy atom. The second-order valence-electron chi connectivity index (χ2n) is 7.11. The molecule has 26 heavy (non-hydrogen) atoms. The van der Waals surface area contributed by atoms with Crippen LogP contribution < -0.4 is 4.74 Å². The van der Waals surface area contributed by atoms with Gasteiger partial charge in [-0.1, -0.05) is 30.7 Å². The first-order chi connectivity index (χ1) is 12.5. The highest BCUT2D eigenvalue weighted by Gasteiger charge is 2.28. The van der Waals surface area contributed by atoms with Crippen molar-refractivity contribution in [1.82, 2.24) is 4.57 Å². The highest BCUT2D eigenvalue weighted by atomic mass is 35.5. The lowest BCUT2D eigenvalue weighted by atomic mass is 9.97. The molecular formula is C22H22ClNO2. The van der Waals surface area contributed by atoms with Gasteiger partial charge in [-0.2, -0.15) is 0 Å². The Bertz CT molecular complexity index is 1000. The maximum Gasteiger partial charge on any atom is 0.182 e. The summed E-state index contributed by atoms with van der Waals surface area (Å²) in [4.78, 5) is 13.0. The predicted molar refractivity (Wildman–Crippen MR) is 106 cm³/mol. The van der Waals surface area contributed by atoms with Gasteiger partial charge in [-0.15, -0.1) is 0 Å². The monoisotopic (exact) mass is 367 g/mol. The first-order valence-corrected chi connectivity index (χ1v) is 9.40. The minimum Gasteiger partial charge on any atom is -0.497 e. The van der Waals surface area contributed by atoms with Gasteiger partial charge in [0.25, 0.3) is 0 Å². The number of benzene rings is 2. The fourth-order valence-corrected chi connectivity index (χ4v) is 4.29. The molecule has 1 aliphatic rings. The van der Waals surface area contributed by atoms with E-state index in [1.54, 1.807) is 7.11 Å². The van der Waals surface area contributed by atoms with Crippen LogP contribution >= 0.6 is 11.6 Å². The standard InChI is InChI=1S/C22H22ClNO2/c1-13-5-4-10-24-20(22(13)25)14(2)18-11-16(23)12-19(21(18)24)15-6-8-17(26-3)9-7-15/h6-9,11-13H,4-5,10H2,1-3H3. The second kappa shape index (κ2) is 6.48. The van der Waals surface area contributed by atoms with E-state index in [9.17, 15) is 4.79 Å². The molecule has 0 bridgehead atoms. The third-order valence-electron chi connectivity index (χ3n) is 5.47. The Kier molecular flexibility index (Phi) is 4.28. The molecule has 1 atom stereocenters. The van der Waals surface area contributed by atoms with Crippen molar-refractivity contribution >= 4 is 28.3 Å². The lowest BCUT2D eigenvalue weighted by Gasteiger charge is -2.12. The van der Waals surface area contributed by atoms with Crippen LogP contribution in [0.4, 0.5) is 0 Å². The number of aryl methyl sites for hydroxylation is 2. The van der Waals surface area contributed by atoms with Crippen molar-refractivity contribution in [2.45, 2.75) is 33.2 Å². The molecule has 2 heterocycles. The van der Waals surface area contributed by atoms with Gasteiger partial charge in [0.2, 0.25) is 0 Å². The molecule has 1 unspecified atom stereocenters. The zero-order valence-corrected chi connectivity index (χ0v) is 16.1. The van der Waals surface area contributed by atoms with E-state index >= 15 is 0 Å². The molecule has 0 amide bonds. The van der Waals surface area contributed by atoms with Crippen LogP contribution in [0.15, 0.2) is 36.4 Å². The van der Waals surface area contributed by atoms with Crippen molar-refractivity contribution in [3.8, 4) is 16.9 Å². The topological polar surface area (TPSA) is 31.2 Å². The van der Waals surface area contributed by atoms with E-state index < -0.39 is 0 Å². The Hall–Kier alpha value is -2.26. The normalized spacial score (nSPS) is 17.2. The van der Waals surface area contributed by atoms with Gasteiger partial charge in [-0.05, 0) is 55.2 Å². The number of fused-ring (bicyclic) bond motifs is 3. The number of hydrogen-bond donors (Lipinski definition) is 0. The Labute approximate surface area is 158 Å². The van der Waals surface area contributed by atoms with E-state index in [4.69, 9.17) is 16.3 Å². The Morgan fingerprint density at radius 2 is 1.92 bits per heavy atom. The number of methoxy groups -OCH3 is 1. The number of nitrogens with zero attached hydrogens (tertiary/aromatic N) is 1. The summed E-state index contributed by atoms with van der Waals surface area (Å²) in [5.74, 6) is 1.13. The summed E-state index contributed by atoms with van der Waals surface area (Å²) in [5.41, 5.74) is 5.13.